The van der Waals surface area contributed by atoms with Gasteiger partial charge in [0.05, 0.1) is 6.61 Å². The summed E-state index contributed by atoms with van der Waals surface area (Å²) in [6.07, 6.45) is 3.76. The van der Waals surface area contributed by atoms with Crippen molar-refractivity contribution in [2.75, 3.05) is 18.5 Å². The van der Waals surface area contributed by atoms with Gasteiger partial charge in [-0.1, -0.05) is 24.6 Å². The Balaban J connectivity index is 2.03. The van der Waals surface area contributed by atoms with Crippen molar-refractivity contribution in [1.82, 2.24) is 0 Å². The Kier molecular flexibility index (Phi) is 5.02. The van der Waals surface area contributed by atoms with Crippen molar-refractivity contribution < 1.29 is 4.74 Å². The second-order valence-electron chi connectivity index (χ2n) is 4.97. The first-order chi connectivity index (χ1) is 8.85. The van der Waals surface area contributed by atoms with Crippen molar-refractivity contribution in [2.24, 2.45) is 11.7 Å². The van der Waals surface area contributed by atoms with E-state index in [2.05, 4.69) is 29.6 Å². The van der Waals surface area contributed by atoms with Gasteiger partial charge in [0.2, 0.25) is 0 Å². The Hall–Kier alpha value is -1.06. The molecule has 0 spiro atoms. The van der Waals surface area contributed by atoms with Gasteiger partial charge in [-0.05, 0) is 38.3 Å². The summed E-state index contributed by atoms with van der Waals surface area (Å²) in [5, 5.41) is 3.66. The number of anilines is 1. The van der Waals surface area contributed by atoms with Crippen molar-refractivity contribution in [3.05, 3.63) is 29.8 Å². The predicted octanol–water partition coefficient (Wildman–Crippen LogP) is 2.76. The number of benzene rings is 1. The molecular weight excluding hydrogens is 224 g/mol. The van der Waals surface area contributed by atoms with Crippen LogP contribution in [0.15, 0.2) is 24.3 Å². The van der Waals surface area contributed by atoms with E-state index in [-0.39, 0.29) is 0 Å². The number of rotatable bonds is 6. The molecule has 3 nitrogen and oxygen atoms in total. The summed E-state index contributed by atoms with van der Waals surface area (Å²) in [6, 6.07) is 8.93. The Morgan fingerprint density at radius 3 is 2.94 bits per heavy atom. The Morgan fingerprint density at radius 2 is 2.17 bits per heavy atom. The molecule has 1 fully saturated rings. The van der Waals surface area contributed by atoms with E-state index in [1.807, 2.05) is 6.92 Å². The van der Waals surface area contributed by atoms with Crippen LogP contribution < -0.4 is 11.1 Å². The van der Waals surface area contributed by atoms with Gasteiger partial charge in [-0.3, -0.25) is 0 Å². The van der Waals surface area contributed by atoms with Crippen molar-refractivity contribution in [3.63, 3.8) is 0 Å². The molecule has 3 N–H and O–H groups in total. The zero-order valence-corrected chi connectivity index (χ0v) is 11.2. The van der Waals surface area contributed by atoms with Gasteiger partial charge < -0.3 is 15.8 Å². The molecular formula is C15H24N2O. The molecule has 3 heteroatoms. The maximum Gasteiger partial charge on any atom is 0.0736 e. The van der Waals surface area contributed by atoms with Crippen molar-refractivity contribution >= 4 is 5.69 Å². The minimum Gasteiger partial charge on any atom is -0.382 e. The normalized spacial score (nSPS) is 23.2. The van der Waals surface area contributed by atoms with Crippen molar-refractivity contribution in [1.29, 1.82) is 0 Å². The van der Waals surface area contributed by atoms with E-state index in [0.29, 0.717) is 18.6 Å². The number of hydrogen-bond donors (Lipinski definition) is 2. The van der Waals surface area contributed by atoms with Crippen molar-refractivity contribution in [3.8, 4) is 0 Å². The molecule has 100 valence electrons. The third kappa shape index (κ3) is 3.24. The van der Waals surface area contributed by atoms with Crippen LogP contribution in [0.1, 0.15) is 31.7 Å². The molecule has 1 aliphatic rings. The summed E-state index contributed by atoms with van der Waals surface area (Å²) in [6.45, 7) is 4.24. The first-order valence-corrected chi connectivity index (χ1v) is 6.97. The topological polar surface area (TPSA) is 47.3 Å². The first-order valence-electron chi connectivity index (χ1n) is 6.97. The molecule has 0 aliphatic heterocycles. The quantitative estimate of drug-likeness (QED) is 0.813. The number of hydrogen-bond acceptors (Lipinski definition) is 3. The van der Waals surface area contributed by atoms with E-state index < -0.39 is 0 Å². The fourth-order valence-corrected chi connectivity index (χ4v) is 2.71. The second-order valence-corrected chi connectivity index (χ2v) is 4.97. The fraction of sp³-hybridized carbons (Fsp3) is 0.600. The van der Waals surface area contributed by atoms with E-state index in [1.165, 1.54) is 30.5 Å². The van der Waals surface area contributed by atoms with Gasteiger partial charge in [-0.15, -0.1) is 0 Å². The van der Waals surface area contributed by atoms with E-state index in [9.17, 15) is 0 Å². The van der Waals surface area contributed by atoms with E-state index in [0.717, 1.165) is 13.2 Å². The van der Waals surface area contributed by atoms with Gasteiger partial charge in [0.25, 0.3) is 0 Å². The molecule has 0 radical (unpaired) electrons. The zero-order chi connectivity index (χ0) is 12.8. The van der Waals surface area contributed by atoms with Gasteiger partial charge >= 0.3 is 0 Å². The van der Waals surface area contributed by atoms with E-state index >= 15 is 0 Å². The van der Waals surface area contributed by atoms with Crippen LogP contribution in [0.5, 0.6) is 0 Å². The summed E-state index contributed by atoms with van der Waals surface area (Å²) in [4.78, 5) is 0. The maximum absolute atomic E-state index is 5.83. The molecule has 1 aromatic rings. The molecule has 1 saturated carbocycles. The molecule has 2 rings (SSSR count). The summed E-state index contributed by atoms with van der Waals surface area (Å²) in [7, 11) is 0. The SMILES string of the molecule is CCOCc1ccccc1NC1CCCC1CN. The Labute approximate surface area is 110 Å². The highest BCUT2D eigenvalue weighted by Crippen LogP contribution is 2.29. The number of ether oxygens (including phenoxy) is 1. The highest BCUT2D eigenvalue weighted by molar-refractivity contribution is 5.51. The maximum atomic E-state index is 5.83. The number of nitrogens with one attached hydrogen (secondary N) is 1. The third-order valence-electron chi connectivity index (χ3n) is 3.78. The predicted molar refractivity (Wildman–Crippen MR) is 75.6 cm³/mol. The first kappa shape index (κ1) is 13.4. The minimum atomic E-state index is 0.526. The summed E-state index contributed by atoms with van der Waals surface area (Å²) < 4.78 is 5.51. The lowest BCUT2D eigenvalue weighted by Crippen LogP contribution is -2.29. The third-order valence-corrected chi connectivity index (χ3v) is 3.78. The van der Waals surface area contributed by atoms with E-state index in [1.54, 1.807) is 0 Å². The smallest absolute Gasteiger partial charge is 0.0736 e. The average molecular weight is 248 g/mol. The standard InChI is InChI=1S/C15H24N2O/c1-2-18-11-13-6-3-4-8-15(13)17-14-9-5-7-12(14)10-16/h3-4,6,8,12,14,17H,2,5,7,9-11,16H2,1H3. The van der Waals surface area contributed by atoms with Crippen molar-refractivity contribution in [2.45, 2.75) is 38.8 Å². The van der Waals surface area contributed by atoms with Gasteiger partial charge in [-0.2, -0.15) is 0 Å². The minimum absolute atomic E-state index is 0.526. The molecule has 0 saturated heterocycles. The van der Waals surface area contributed by atoms with Gasteiger partial charge in [0.15, 0.2) is 0 Å². The van der Waals surface area contributed by atoms with Crippen LogP contribution in [-0.2, 0) is 11.3 Å². The van der Waals surface area contributed by atoms with Gasteiger partial charge in [0, 0.05) is 23.9 Å². The molecule has 0 amide bonds. The average Bonchev–Trinajstić information content (AvgIpc) is 2.85. The fourth-order valence-electron chi connectivity index (χ4n) is 2.71. The summed E-state index contributed by atoms with van der Waals surface area (Å²) >= 11 is 0. The van der Waals surface area contributed by atoms with Crippen LogP contribution in [0, 0.1) is 5.92 Å². The largest absolute Gasteiger partial charge is 0.382 e. The van der Waals surface area contributed by atoms with Crippen LogP contribution >= 0.6 is 0 Å². The molecule has 2 unspecified atom stereocenters. The van der Waals surface area contributed by atoms with Gasteiger partial charge in [0.1, 0.15) is 0 Å². The molecule has 0 bridgehead atoms. The van der Waals surface area contributed by atoms with Crippen LogP contribution in [0.4, 0.5) is 5.69 Å². The van der Waals surface area contributed by atoms with Crippen LogP contribution in [0.3, 0.4) is 0 Å². The Morgan fingerprint density at radius 1 is 1.33 bits per heavy atom. The summed E-state index contributed by atoms with van der Waals surface area (Å²) in [5.74, 6) is 0.616. The molecule has 18 heavy (non-hydrogen) atoms. The lowest BCUT2D eigenvalue weighted by molar-refractivity contribution is 0.134. The second kappa shape index (κ2) is 6.76. The monoisotopic (exact) mass is 248 g/mol. The number of nitrogens with two attached hydrogens (primary N) is 1. The number of para-hydroxylation sites is 1. The molecule has 1 aromatic carbocycles. The lowest BCUT2D eigenvalue weighted by atomic mass is 10.0. The summed E-state index contributed by atoms with van der Waals surface area (Å²) in [5.41, 5.74) is 8.27. The van der Waals surface area contributed by atoms with Crippen LogP contribution in [0.25, 0.3) is 0 Å². The highest BCUT2D eigenvalue weighted by atomic mass is 16.5. The van der Waals surface area contributed by atoms with Crippen LogP contribution in [0.2, 0.25) is 0 Å². The Bertz CT molecular complexity index is 367. The molecule has 0 aromatic heterocycles. The molecule has 2 atom stereocenters. The molecule has 0 heterocycles. The highest BCUT2D eigenvalue weighted by Gasteiger charge is 2.26. The zero-order valence-electron chi connectivity index (χ0n) is 11.2. The van der Waals surface area contributed by atoms with Crippen LogP contribution in [-0.4, -0.2) is 19.2 Å². The van der Waals surface area contributed by atoms with Gasteiger partial charge in [-0.25, -0.2) is 0 Å². The lowest BCUT2D eigenvalue weighted by Gasteiger charge is -2.22. The van der Waals surface area contributed by atoms with E-state index in [4.69, 9.17) is 10.5 Å². The molecule has 1 aliphatic carbocycles.